The van der Waals surface area contributed by atoms with Gasteiger partial charge in [-0.1, -0.05) is 23.5 Å². The summed E-state index contributed by atoms with van der Waals surface area (Å²) in [5, 5.41) is 13.4. The Labute approximate surface area is 247 Å². The van der Waals surface area contributed by atoms with Gasteiger partial charge in [-0.3, -0.25) is 9.59 Å². The molecule has 1 unspecified atom stereocenters. The Kier molecular flexibility index (Phi) is 9.78. The van der Waals surface area contributed by atoms with E-state index in [0.29, 0.717) is 12.3 Å². The summed E-state index contributed by atoms with van der Waals surface area (Å²) in [5.74, 6) is -1.66. The first-order valence-corrected chi connectivity index (χ1v) is 14.5. The minimum Gasteiger partial charge on any atom is -0.467 e. The molecule has 0 bridgehead atoms. The van der Waals surface area contributed by atoms with Crippen LogP contribution in [0, 0.1) is 6.92 Å². The lowest BCUT2D eigenvalue weighted by molar-refractivity contribution is -0.142. The molecule has 4 rings (SSSR count). The number of anilines is 1. The molecule has 42 heavy (non-hydrogen) atoms. The number of hydrogen-bond donors (Lipinski definition) is 3. The summed E-state index contributed by atoms with van der Waals surface area (Å²) in [6, 6.07) is 4.55. The third-order valence-electron chi connectivity index (χ3n) is 6.40. The molecule has 226 valence electrons. The SMILES string of the molecule is COC(=O)[C@H](CNC(=O)OC(C)(C)C)NC(=O)c1sc(NC(=O)Cc2cccc3c2cnn3C2CCCCO2)nc1C. The maximum atomic E-state index is 13.0. The number of carbonyl (C=O) groups is 4. The number of nitrogens with one attached hydrogen (secondary N) is 3. The molecule has 1 aliphatic heterocycles. The number of methoxy groups -OCH3 is 1. The van der Waals surface area contributed by atoms with Crippen LogP contribution in [-0.4, -0.2) is 70.5 Å². The predicted octanol–water partition coefficient (Wildman–Crippen LogP) is 3.48. The monoisotopic (exact) mass is 600 g/mol. The summed E-state index contributed by atoms with van der Waals surface area (Å²) in [4.78, 5) is 54.8. The van der Waals surface area contributed by atoms with E-state index in [1.807, 2.05) is 22.9 Å². The number of hydrogen-bond acceptors (Lipinski definition) is 10. The maximum Gasteiger partial charge on any atom is 0.407 e. The van der Waals surface area contributed by atoms with Gasteiger partial charge in [0, 0.05) is 12.0 Å². The Morgan fingerprint density at radius 2 is 2.00 bits per heavy atom. The number of amides is 3. The fourth-order valence-corrected chi connectivity index (χ4v) is 5.37. The number of rotatable bonds is 9. The van der Waals surface area contributed by atoms with Gasteiger partial charge in [-0.15, -0.1) is 0 Å². The van der Waals surface area contributed by atoms with Gasteiger partial charge >= 0.3 is 12.1 Å². The van der Waals surface area contributed by atoms with Crippen molar-refractivity contribution in [1.82, 2.24) is 25.4 Å². The van der Waals surface area contributed by atoms with Crippen molar-refractivity contribution in [3.63, 3.8) is 0 Å². The van der Waals surface area contributed by atoms with Crippen molar-refractivity contribution in [1.29, 1.82) is 0 Å². The molecule has 3 aromatic rings. The van der Waals surface area contributed by atoms with Gasteiger partial charge in [0.15, 0.2) is 11.4 Å². The van der Waals surface area contributed by atoms with Crippen LogP contribution in [0.3, 0.4) is 0 Å². The number of fused-ring (bicyclic) bond motifs is 1. The number of benzene rings is 1. The second kappa shape index (κ2) is 13.3. The molecule has 3 amide bonds. The predicted molar refractivity (Wildman–Crippen MR) is 155 cm³/mol. The van der Waals surface area contributed by atoms with Crippen LogP contribution in [0.15, 0.2) is 24.4 Å². The first kappa shape index (κ1) is 30.9. The number of thiazole rings is 1. The lowest BCUT2D eigenvalue weighted by Crippen LogP contribution is -2.49. The zero-order chi connectivity index (χ0) is 30.4. The molecular formula is C28H36N6O7S. The Morgan fingerprint density at radius 3 is 2.69 bits per heavy atom. The van der Waals surface area contributed by atoms with E-state index in [2.05, 4.69) is 26.0 Å². The third-order valence-corrected chi connectivity index (χ3v) is 7.47. The summed E-state index contributed by atoms with van der Waals surface area (Å²) in [6.45, 7) is 7.19. The lowest BCUT2D eigenvalue weighted by Gasteiger charge is -2.23. The minimum absolute atomic E-state index is 0.0788. The van der Waals surface area contributed by atoms with Crippen LogP contribution in [0.25, 0.3) is 10.9 Å². The quantitative estimate of drug-likeness (QED) is 0.312. The number of carbonyl (C=O) groups excluding carboxylic acids is 4. The second-order valence-electron chi connectivity index (χ2n) is 10.9. The highest BCUT2D eigenvalue weighted by Crippen LogP contribution is 2.28. The molecule has 3 N–H and O–H groups in total. The smallest absolute Gasteiger partial charge is 0.407 e. The highest BCUT2D eigenvalue weighted by molar-refractivity contribution is 7.17. The Morgan fingerprint density at radius 1 is 1.21 bits per heavy atom. The standard InChI is InChI=1S/C28H36N6O7S/c1-16-23(24(36)32-19(25(37)39-5)15-29-27(38)41-28(2,3)4)42-26(31-16)33-21(35)13-17-9-8-10-20-18(17)14-30-34(20)22-11-6-7-12-40-22/h8-10,14,19,22H,6-7,11-13,15H2,1-5H3,(H,29,38)(H,32,36)(H,31,33,35)/t19-,22?/m0/s1. The van der Waals surface area contributed by atoms with Gasteiger partial charge in [-0.2, -0.15) is 5.10 Å². The number of ether oxygens (including phenoxy) is 3. The molecule has 14 heteroatoms. The van der Waals surface area contributed by atoms with Crippen molar-refractivity contribution in [2.45, 2.75) is 71.2 Å². The number of aryl methyl sites for hydroxylation is 1. The highest BCUT2D eigenvalue weighted by Gasteiger charge is 2.27. The van der Waals surface area contributed by atoms with Crippen molar-refractivity contribution in [2.24, 2.45) is 0 Å². The van der Waals surface area contributed by atoms with Crippen molar-refractivity contribution < 1.29 is 33.4 Å². The number of nitrogens with zero attached hydrogens (tertiary/aromatic N) is 3. The van der Waals surface area contributed by atoms with Gasteiger partial charge in [-0.25, -0.2) is 19.3 Å². The van der Waals surface area contributed by atoms with Crippen molar-refractivity contribution in [2.75, 3.05) is 25.6 Å². The van der Waals surface area contributed by atoms with E-state index in [0.717, 1.165) is 47.1 Å². The van der Waals surface area contributed by atoms with Gasteiger partial charge in [0.2, 0.25) is 5.91 Å². The molecule has 1 aliphatic rings. The van der Waals surface area contributed by atoms with E-state index in [-0.39, 0.29) is 35.1 Å². The van der Waals surface area contributed by atoms with Gasteiger partial charge in [-0.05, 0) is 58.6 Å². The summed E-state index contributed by atoms with van der Waals surface area (Å²) in [6.07, 6.45) is 3.98. The molecule has 0 saturated carbocycles. The maximum absolute atomic E-state index is 13.0. The first-order valence-electron chi connectivity index (χ1n) is 13.6. The van der Waals surface area contributed by atoms with Crippen LogP contribution in [0.2, 0.25) is 0 Å². The second-order valence-corrected chi connectivity index (χ2v) is 11.8. The fourth-order valence-electron chi connectivity index (χ4n) is 4.49. The van der Waals surface area contributed by atoms with Crippen molar-refractivity contribution >= 4 is 51.2 Å². The minimum atomic E-state index is -1.17. The summed E-state index contributed by atoms with van der Waals surface area (Å²) < 4.78 is 17.7. The lowest BCUT2D eigenvalue weighted by atomic mass is 10.1. The largest absolute Gasteiger partial charge is 0.467 e. The van der Waals surface area contributed by atoms with Gasteiger partial charge in [0.25, 0.3) is 5.91 Å². The van der Waals surface area contributed by atoms with Crippen LogP contribution in [0.4, 0.5) is 9.93 Å². The van der Waals surface area contributed by atoms with Crippen LogP contribution in [-0.2, 0) is 30.2 Å². The van der Waals surface area contributed by atoms with Crippen LogP contribution in [0.1, 0.15) is 67.2 Å². The Bertz CT molecular complexity index is 1450. The molecule has 1 fully saturated rings. The Balaban J connectivity index is 1.39. The number of aromatic nitrogens is 3. The third kappa shape index (κ3) is 7.82. The van der Waals surface area contributed by atoms with Crippen LogP contribution < -0.4 is 16.0 Å². The van der Waals surface area contributed by atoms with E-state index in [1.54, 1.807) is 33.9 Å². The molecule has 1 saturated heterocycles. The Hall–Kier alpha value is -4.04. The van der Waals surface area contributed by atoms with E-state index in [9.17, 15) is 19.2 Å². The van der Waals surface area contributed by atoms with E-state index in [4.69, 9.17) is 14.2 Å². The number of esters is 1. The van der Waals surface area contributed by atoms with Crippen LogP contribution in [0.5, 0.6) is 0 Å². The molecule has 2 aromatic heterocycles. The van der Waals surface area contributed by atoms with E-state index < -0.39 is 29.6 Å². The first-order chi connectivity index (χ1) is 19.9. The normalized spacial score (nSPS) is 16.0. The topological polar surface area (TPSA) is 163 Å². The fraction of sp³-hybridized carbons (Fsp3) is 0.500. The van der Waals surface area contributed by atoms with Crippen LogP contribution >= 0.6 is 11.3 Å². The molecule has 13 nitrogen and oxygen atoms in total. The number of alkyl carbamates (subject to hydrolysis) is 1. The van der Waals surface area contributed by atoms with E-state index in [1.165, 1.54) is 7.11 Å². The van der Waals surface area contributed by atoms with Crippen molar-refractivity contribution in [3.8, 4) is 0 Å². The molecule has 0 radical (unpaired) electrons. The van der Waals surface area contributed by atoms with Gasteiger partial charge in [0.1, 0.15) is 16.5 Å². The average Bonchev–Trinajstić information content (AvgIpc) is 3.53. The molecular weight excluding hydrogens is 564 g/mol. The molecule has 2 atom stereocenters. The molecule has 0 aliphatic carbocycles. The summed E-state index contributed by atoms with van der Waals surface area (Å²) in [7, 11) is 1.18. The average molecular weight is 601 g/mol. The van der Waals surface area contributed by atoms with Gasteiger partial charge in [0.05, 0.1) is 37.5 Å². The highest BCUT2D eigenvalue weighted by atomic mass is 32.1. The zero-order valence-electron chi connectivity index (χ0n) is 24.3. The summed E-state index contributed by atoms with van der Waals surface area (Å²) >= 11 is 0.974. The van der Waals surface area contributed by atoms with Gasteiger partial charge < -0.3 is 30.2 Å². The molecule has 3 heterocycles. The molecule has 0 spiro atoms. The zero-order valence-corrected chi connectivity index (χ0v) is 25.1. The summed E-state index contributed by atoms with van der Waals surface area (Å²) in [5.41, 5.74) is 1.34. The van der Waals surface area contributed by atoms with E-state index >= 15 is 0 Å². The molecule has 1 aromatic carbocycles. The van der Waals surface area contributed by atoms with Crippen molar-refractivity contribution in [3.05, 3.63) is 40.5 Å².